The van der Waals surface area contributed by atoms with Gasteiger partial charge >= 0.3 is 0 Å². The van der Waals surface area contributed by atoms with E-state index in [4.69, 9.17) is 0 Å². The highest BCUT2D eigenvalue weighted by molar-refractivity contribution is 5.75. The molecule has 0 aromatic heterocycles. The first kappa shape index (κ1) is 24.0. The normalized spacial score (nSPS) is 11.0. The molecule has 4 rings (SSSR count). The van der Waals surface area contributed by atoms with E-state index < -0.39 is 0 Å². The zero-order valence-corrected chi connectivity index (χ0v) is 21.1. The van der Waals surface area contributed by atoms with Crippen LogP contribution in [0.2, 0.25) is 0 Å². The number of aryl methyl sites for hydroxylation is 3. The van der Waals surface area contributed by atoms with Gasteiger partial charge in [-0.25, -0.2) is 0 Å². The highest BCUT2D eigenvalue weighted by Crippen LogP contribution is 2.31. The first-order valence-corrected chi connectivity index (χ1v) is 13.1. The molecule has 4 aromatic carbocycles. The zero-order chi connectivity index (χ0) is 23.8. The second kappa shape index (κ2) is 11.8. The van der Waals surface area contributed by atoms with Crippen LogP contribution in [0.5, 0.6) is 0 Å². The third kappa shape index (κ3) is 5.86. The molecule has 174 valence electrons. The molecule has 0 aliphatic heterocycles. The van der Waals surface area contributed by atoms with Gasteiger partial charge in [0.2, 0.25) is 0 Å². The van der Waals surface area contributed by atoms with Crippen molar-refractivity contribution in [2.45, 2.75) is 65.7 Å². The summed E-state index contributed by atoms with van der Waals surface area (Å²) in [5, 5.41) is 0. The summed E-state index contributed by atoms with van der Waals surface area (Å²) in [6, 6.07) is 34.2. The summed E-state index contributed by atoms with van der Waals surface area (Å²) in [6.45, 7) is 6.75. The number of benzene rings is 4. The summed E-state index contributed by atoms with van der Waals surface area (Å²) in [4.78, 5) is 0. The molecule has 0 aliphatic rings. The van der Waals surface area contributed by atoms with E-state index in [9.17, 15) is 0 Å². The van der Waals surface area contributed by atoms with E-state index in [0.717, 1.165) is 12.8 Å². The SMILES string of the molecule is CCCCCc1ccc(-c2ccc(-c3ccc(-c4ccc(CCC)cc4)c(CC)c3)cc2)cc1. The van der Waals surface area contributed by atoms with Crippen molar-refractivity contribution >= 4 is 0 Å². The molecule has 0 bridgehead atoms. The Morgan fingerprint density at radius 3 is 1.50 bits per heavy atom. The van der Waals surface area contributed by atoms with Crippen LogP contribution in [0.3, 0.4) is 0 Å². The topological polar surface area (TPSA) is 0 Å². The Morgan fingerprint density at radius 2 is 0.941 bits per heavy atom. The minimum absolute atomic E-state index is 1.03. The average Bonchev–Trinajstić information content (AvgIpc) is 2.90. The second-order valence-corrected chi connectivity index (χ2v) is 9.40. The molecule has 0 nitrogen and oxygen atoms in total. The molecule has 34 heavy (non-hydrogen) atoms. The quantitative estimate of drug-likeness (QED) is 0.213. The fraction of sp³-hybridized carbons (Fsp3) is 0.294. The van der Waals surface area contributed by atoms with E-state index in [-0.39, 0.29) is 0 Å². The summed E-state index contributed by atoms with van der Waals surface area (Å²) < 4.78 is 0. The van der Waals surface area contributed by atoms with Crippen LogP contribution < -0.4 is 0 Å². The van der Waals surface area contributed by atoms with Crippen molar-refractivity contribution in [2.75, 3.05) is 0 Å². The maximum Gasteiger partial charge on any atom is -0.0152 e. The molecule has 0 unspecified atom stereocenters. The largest absolute Gasteiger partial charge is 0.0654 e. The first-order chi connectivity index (χ1) is 16.7. The first-order valence-electron chi connectivity index (χ1n) is 13.1. The van der Waals surface area contributed by atoms with Crippen LogP contribution in [0.4, 0.5) is 0 Å². The Kier molecular flexibility index (Phi) is 8.36. The summed E-state index contributed by atoms with van der Waals surface area (Å²) in [6.07, 6.45) is 8.44. The molecule has 0 fully saturated rings. The molecule has 0 heterocycles. The lowest BCUT2D eigenvalue weighted by molar-refractivity contribution is 0.717. The van der Waals surface area contributed by atoms with Crippen LogP contribution >= 0.6 is 0 Å². The fourth-order valence-electron chi connectivity index (χ4n) is 4.79. The van der Waals surface area contributed by atoms with Crippen molar-refractivity contribution in [2.24, 2.45) is 0 Å². The van der Waals surface area contributed by atoms with E-state index in [0.29, 0.717) is 0 Å². The third-order valence-corrected chi connectivity index (χ3v) is 6.86. The maximum atomic E-state index is 2.37. The van der Waals surface area contributed by atoms with Crippen molar-refractivity contribution in [1.82, 2.24) is 0 Å². The third-order valence-electron chi connectivity index (χ3n) is 6.86. The molecule has 0 saturated heterocycles. The zero-order valence-electron chi connectivity index (χ0n) is 21.1. The van der Waals surface area contributed by atoms with Gasteiger partial charge in [-0.3, -0.25) is 0 Å². The fourth-order valence-corrected chi connectivity index (χ4v) is 4.79. The van der Waals surface area contributed by atoms with Gasteiger partial charge in [0, 0.05) is 0 Å². The van der Waals surface area contributed by atoms with Crippen LogP contribution in [-0.4, -0.2) is 0 Å². The van der Waals surface area contributed by atoms with Crippen molar-refractivity contribution in [3.8, 4) is 33.4 Å². The summed E-state index contributed by atoms with van der Waals surface area (Å²) in [5.41, 5.74) is 12.1. The molecule has 0 saturated carbocycles. The molecular formula is C34H38. The maximum absolute atomic E-state index is 2.37. The number of rotatable bonds is 10. The van der Waals surface area contributed by atoms with Crippen molar-refractivity contribution in [3.63, 3.8) is 0 Å². The second-order valence-electron chi connectivity index (χ2n) is 9.40. The molecular weight excluding hydrogens is 408 g/mol. The van der Waals surface area contributed by atoms with Crippen LogP contribution in [0.1, 0.15) is 63.1 Å². The van der Waals surface area contributed by atoms with Gasteiger partial charge in [0.25, 0.3) is 0 Å². The minimum Gasteiger partial charge on any atom is -0.0654 e. The van der Waals surface area contributed by atoms with Gasteiger partial charge in [0.15, 0.2) is 0 Å². The van der Waals surface area contributed by atoms with E-state index in [1.54, 1.807) is 0 Å². The van der Waals surface area contributed by atoms with Crippen LogP contribution in [-0.2, 0) is 19.3 Å². The lowest BCUT2D eigenvalue weighted by atomic mass is 9.92. The van der Waals surface area contributed by atoms with Gasteiger partial charge in [0.1, 0.15) is 0 Å². The predicted molar refractivity (Wildman–Crippen MR) is 149 cm³/mol. The Morgan fingerprint density at radius 1 is 0.441 bits per heavy atom. The Balaban J connectivity index is 1.51. The van der Waals surface area contributed by atoms with Crippen molar-refractivity contribution in [1.29, 1.82) is 0 Å². The number of hydrogen-bond acceptors (Lipinski definition) is 0. The van der Waals surface area contributed by atoms with Crippen LogP contribution in [0, 0.1) is 0 Å². The standard InChI is InChI=1S/C34H38/c1-4-7-8-10-27-11-15-29(16-12-27)30-19-21-31(22-20-30)33-23-24-34(28(6-3)25-33)32-17-13-26(9-5-2)14-18-32/h11-25H,4-10H2,1-3H3. The van der Waals surface area contributed by atoms with Crippen molar-refractivity contribution < 1.29 is 0 Å². The van der Waals surface area contributed by atoms with E-state index in [2.05, 4.69) is 112 Å². The summed E-state index contributed by atoms with van der Waals surface area (Å²) in [7, 11) is 0. The molecule has 0 N–H and O–H groups in total. The monoisotopic (exact) mass is 446 g/mol. The lowest BCUT2D eigenvalue weighted by Gasteiger charge is -2.12. The molecule has 0 atom stereocenters. The van der Waals surface area contributed by atoms with Gasteiger partial charge in [-0.2, -0.15) is 0 Å². The van der Waals surface area contributed by atoms with Gasteiger partial charge in [-0.15, -0.1) is 0 Å². The molecule has 0 radical (unpaired) electrons. The Hall–Kier alpha value is -3.12. The Bertz CT molecular complexity index is 1160. The number of unbranched alkanes of at least 4 members (excludes halogenated alkanes) is 2. The predicted octanol–water partition coefficient (Wildman–Crippen LogP) is 9.94. The van der Waals surface area contributed by atoms with Crippen LogP contribution in [0.25, 0.3) is 33.4 Å². The Labute approximate surface area is 206 Å². The highest BCUT2D eigenvalue weighted by Gasteiger charge is 2.08. The molecule has 0 amide bonds. The average molecular weight is 447 g/mol. The molecule has 0 aliphatic carbocycles. The van der Waals surface area contributed by atoms with E-state index in [1.807, 2.05) is 0 Å². The summed E-state index contributed by atoms with van der Waals surface area (Å²) in [5.74, 6) is 0. The summed E-state index contributed by atoms with van der Waals surface area (Å²) >= 11 is 0. The minimum atomic E-state index is 1.03. The number of hydrogen-bond donors (Lipinski definition) is 0. The van der Waals surface area contributed by atoms with E-state index >= 15 is 0 Å². The molecule has 0 spiro atoms. The smallest absolute Gasteiger partial charge is 0.0152 e. The van der Waals surface area contributed by atoms with Gasteiger partial charge in [0.05, 0.1) is 0 Å². The van der Waals surface area contributed by atoms with Gasteiger partial charge in [-0.05, 0) is 75.8 Å². The van der Waals surface area contributed by atoms with E-state index in [1.165, 1.54) is 82.2 Å². The highest BCUT2D eigenvalue weighted by atomic mass is 14.1. The molecule has 4 aromatic rings. The van der Waals surface area contributed by atoms with Gasteiger partial charge < -0.3 is 0 Å². The molecule has 0 heteroatoms. The van der Waals surface area contributed by atoms with Gasteiger partial charge in [-0.1, -0.05) is 131 Å². The van der Waals surface area contributed by atoms with Crippen molar-refractivity contribution in [3.05, 3.63) is 108 Å². The lowest BCUT2D eigenvalue weighted by Crippen LogP contribution is -1.91. The van der Waals surface area contributed by atoms with Crippen LogP contribution in [0.15, 0.2) is 91.0 Å².